The summed E-state index contributed by atoms with van der Waals surface area (Å²) in [6.45, 7) is 2.98. The number of methoxy groups -OCH3 is 1. The molecule has 2 aromatic rings. The molecule has 2 atom stereocenters. The van der Waals surface area contributed by atoms with Crippen molar-refractivity contribution in [2.75, 3.05) is 33.4 Å². The molecule has 4 rings (SSSR count). The number of benzene rings is 2. The highest BCUT2D eigenvalue weighted by Gasteiger charge is 2.36. The highest BCUT2D eigenvalue weighted by atomic mass is 16.5. The molecule has 0 aliphatic carbocycles. The molecule has 0 amide bonds. The summed E-state index contributed by atoms with van der Waals surface area (Å²) in [6.07, 6.45) is 3.15. The molecule has 1 fully saturated rings. The van der Waals surface area contributed by atoms with E-state index in [1.807, 2.05) is 0 Å². The maximum absolute atomic E-state index is 8.96. The van der Waals surface area contributed by atoms with Crippen molar-refractivity contribution in [1.82, 2.24) is 4.90 Å². The largest absolute Gasteiger partial charge is 0.497 e. The second-order valence-electron chi connectivity index (χ2n) is 7.20. The molecule has 2 heterocycles. The third kappa shape index (κ3) is 3.31. The van der Waals surface area contributed by atoms with Crippen molar-refractivity contribution in [3.8, 4) is 11.5 Å². The first-order valence-corrected chi connectivity index (χ1v) is 9.55. The van der Waals surface area contributed by atoms with Gasteiger partial charge in [-0.1, -0.05) is 18.2 Å². The van der Waals surface area contributed by atoms with Gasteiger partial charge in [0.15, 0.2) is 0 Å². The second-order valence-corrected chi connectivity index (χ2v) is 7.20. The summed E-state index contributed by atoms with van der Waals surface area (Å²) < 4.78 is 11.2. The third-order valence-corrected chi connectivity index (χ3v) is 5.66. The molecule has 2 aromatic carbocycles. The lowest BCUT2D eigenvalue weighted by Gasteiger charge is -2.37. The zero-order valence-electron chi connectivity index (χ0n) is 15.4. The minimum Gasteiger partial charge on any atom is -0.497 e. The van der Waals surface area contributed by atoms with Crippen LogP contribution in [0.1, 0.15) is 47.9 Å². The van der Waals surface area contributed by atoms with Gasteiger partial charge >= 0.3 is 0 Å². The van der Waals surface area contributed by atoms with Crippen LogP contribution in [-0.4, -0.2) is 43.4 Å². The monoisotopic (exact) mass is 353 g/mol. The van der Waals surface area contributed by atoms with Crippen molar-refractivity contribution in [3.05, 3.63) is 59.2 Å². The molecule has 2 aliphatic rings. The fourth-order valence-electron chi connectivity index (χ4n) is 4.35. The Morgan fingerprint density at radius 3 is 2.65 bits per heavy atom. The molecule has 0 aromatic heterocycles. The number of hydrogen-bond donors (Lipinski definition) is 1. The van der Waals surface area contributed by atoms with Crippen molar-refractivity contribution < 1.29 is 14.6 Å². The van der Waals surface area contributed by atoms with Crippen LogP contribution in [0, 0.1) is 0 Å². The van der Waals surface area contributed by atoms with E-state index in [-0.39, 0.29) is 6.61 Å². The van der Waals surface area contributed by atoms with Gasteiger partial charge in [0.2, 0.25) is 0 Å². The summed E-state index contributed by atoms with van der Waals surface area (Å²) in [5.41, 5.74) is 4.18. The van der Waals surface area contributed by atoms with Crippen LogP contribution in [0.25, 0.3) is 0 Å². The van der Waals surface area contributed by atoms with E-state index in [9.17, 15) is 0 Å². The summed E-state index contributed by atoms with van der Waals surface area (Å²) in [4.78, 5) is 2.62. The smallest absolute Gasteiger partial charge is 0.119 e. The van der Waals surface area contributed by atoms with Gasteiger partial charge in [0.05, 0.1) is 13.7 Å². The van der Waals surface area contributed by atoms with Crippen LogP contribution in [0.2, 0.25) is 0 Å². The van der Waals surface area contributed by atoms with Gasteiger partial charge in [-0.15, -0.1) is 0 Å². The predicted octanol–water partition coefficient (Wildman–Crippen LogP) is 3.74. The molecule has 0 spiro atoms. The minimum absolute atomic E-state index is 0.168. The lowest BCUT2D eigenvalue weighted by atomic mass is 9.81. The van der Waals surface area contributed by atoms with Crippen molar-refractivity contribution in [1.29, 1.82) is 0 Å². The Kier molecular flexibility index (Phi) is 5.14. The van der Waals surface area contributed by atoms with E-state index in [0.29, 0.717) is 25.0 Å². The topological polar surface area (TPSA) is 41.9 Å². The predicted molar refractivity (Wildman–Crippen MR) is 102 cm³/mol. The van der Waals surface area contributed by atoms with Crippen molar-refractivity contribution in [3.63, 3.8) is 0 Å². The summed E-state index contributed by atoms with van der Waals surface area (Å²) in [5, 5.41) is 8.96. The average molecular weight is 353 g/mol. The maximum atomic E-state index is 8.96. The van der Waals surface area contributed by atoms with E-state index in [1.54, 1.807) is 7.11 Å². The van der Waals surface area contributed by atoms with E-state index in [4.69, 9.17) is 14.6 Å². The number of aliphatic hydroxyl groups excluding tert-OH is 1. The molecule has 1 saturated heterocycles. The summed E-state index contributed by atoms with van der Waals surface area (Å²) >= 11 is 0. The van der Waals surface area contributed by atoms with Gasteiger partial charge in [-0.3, -0.25) is 4.90 Å². The fraction of sp³-hybridized carbons (Fsp3) is 0.455. The van der Waals surface area contributed by atoms with Crippen LogP contribution in [0.3, 0.4) is 0 Å². The number of hydrogen-bond acceptors (Lipinski definition) is 4. The SMILES string of the molecule is COc1ccc([C@@H]2CN3CCC[C@H]3c3cc(OCCCO)ccc32)cc1. The molecule has 138 valence electrons. The van der Waals surface area contributed by atoms with Crippen molar-refractivity contribution >= 4 is 0 Å². The quantitative estimate of drug-likeness (QED) is 0.804. The van der Waals surface area contributed by atoms with E-state index in [0.717, 1.165) is 18.0 Å². The van der Waals surface area contributed by atoms with Crippen LogP contribution in [0.15, 0.2) is 42.5 Å². The second kappa shape index (κ2) is 7.68. The van der Waals surface area contributed by atoms with Gasteiger partial charge in [0, 0.05) is 31.5 Å². The van der Waals surface area contributed by atoms with Gasteiger partial charge in [0.25, 0.3) is 0 Å². The van der Waals surface area contributed by atoms with Gasteiger partial charge in [-0.05, 0) is 60.3 Å². The first kappa shape index (κ1) is 17.4. The van der Waals surface area contributed by atoms with Crippen LogP contribution in [-0.2, 0) is 0 Å². The summed E-state index contributed by atoms with van der Waals surface area (Å²) in [6, 6.07) is 15.6. The van der Waals surface area contributed by atoms with E-state index in [2.05, 4.69) is 47.4 Å². The number of ether oxygens (including phenoxy) is 2. The molecular formula is C22H27NO3. The first-order chi connectivity index (χ1) is 12.8. The lowest BCUT2D eigenvalue weighted by Crippen LogP contribution is -2.34. The average Bonchev–Trinajstić information content (AvgIpc) is 3.16. The molecule has 4 heteroatoms. The Hall–Kier alpha value is -2.04. The Morgan fingerprint density at radius 1 is 1.08 bits per heavy atom. The molecule has 2 aliphatic heterocycles. The standard InChI is InChI=1S/C22H27NO3/c1-25-17-7-5-16(6-8-17)21-15-23-11-2-4-22(23)20-14-18(9-10-19(20)21)26-13-3-12-24/h5-10,14,21-22,24H,2-4,11-13,15H2,1H3/t21-,22-/m0/s1. The first-order valence-electron chi connectivity index (χ1n) is 9.55. The molecule has 0 bridgehead atoms. The summed E-state index contributed by atoms with van der Waals surface area (Å²) in [5.74, 6) is 2.20. The lowest BCUT2D eigenvalue weighted by molar-refractivity contribution is 0.224. The Balaban J connectivity index is 1.66. The van der Waals surface area contributed by atoms with E-state index in [1.165, 1.54) is 36.1 Å². The zero-order chi connectivity index (χ0) is 17.9. The number of aliphatic hydroxyl groups is 1. The molecular weight excluding hydrogens is 326 g/mol. The molecule has 0 radical (unpaired) electrons. The Morgan fingerprint density at radius 2 is 1.88 bits per heavy atom. The van der Waals surface area contributed by atoms with Crippen LogP contribution in [0.5, 0.6) is 11.5 Å². The Labute approximate surface area is 155 Å². The normalized spacial score (nSPS) is 21.9. The third-order valence-electron chi connectivity index (χ3n) is 5.66. The minimum atomic E-state index is 0.168. The number of rotatable bonds is 6. The zero-order valence-corrected chi connectivity index (χ0v) is 15.4. The highest BCUT2D eigenvalue weighted by molar-refractivity contribution is 5.47. The van der Waals surface area contributed by atoms with Crippen LogP contribution < -0.4 is 9.47 Å². The molecule has 26 heavy (non-hydrogen) atoms. The van der Waals surface area contributed by atoms with Crippen LogP contribution in [0.4, 0.5) is 0 Å². The number of fused-ring (bicyclic) bond motifs is 3. The fourth-order valence-corrected chi connectivity index (χ4v) is 4.35. The Bertz CT molecular complexity index is 744. The van der Waals surface area contributed by atoms with Crippen molar-refractivity contribution in [2.24, 2.45) is 0 Å². The number of nitrogens with zero attached hydrogens (tertiary/aromatic N) is 1. The highest BCUT2D eigenvalue weighted by Crippen LogP contribution is 2.45. The van der Waals surface area contributed by atoms with Gasteiger partial charge in [0.1, 0.15) is 11.5 Å². The van der Waals surface area contributed by atoms with Gasteiger partial charge in [-0.25, -0.2) is 0 Å². The van der Waals surface area contributed by atoms with Gasteiger partial charge in [-0.2, -0.15) is 0 Å². The maximum Gasteiger partial charge on any atom is 0.119 e. The molecule has 1 N–H and O–H groups in total. The van der Waals surface area contributed by atoms with Crippen LogP contribution >= 0.6 is 0 Å². The molecule has 0 saturated carbocycles. The van der Waals surface area contributed by atoms with E-state index >= 15 is 0 Å². The van der Waals surface area contributed by atoms with Gasteiger partial charge < -0.3 is 14.6 Å². The summed E-state index contributed by atoms with van der Waals surface area (Å²) in [7, 11) is 1.71. The molecule has 0 unspecified atom stereocenters. The van der Waals surface area contributed by atoms with E-state index < -0.39 is 0 Å². The molecule has 4 nitrogen and oxygen atoms in total. The van der Waals surface area contributed by atoms with Crippen molar-refractivity contribution in [2.45, 2.75) is 31.2 Å².